The van der Waals surface area contributed by atoms with Gasteiger partial charge in [-0.1, -0.05) is 352 Å². The van der Waals surface area contributed by atoms with Crippen LogP contribution in [0.3, 0.4) is 0 Å². The van der Waals surface area contributed by atoms with Crippen molar-refractivity contribution in [3.8, 4) is 0 Å². The van der Waals surface area contributed by atoms with Crippen LogP contribution in [-0.4, -0.2) is 36.4 Å². The predicted octanol–water partition coefficient (Wildman–Crippen LogP) is 24.5. The van der Waals surface area contributed by atoms with Crippen LogP contribution in [0.2, 0.25) is 0 Å². The van der Waals surface area contributed by atoms with Gasteiger partial charge in [0.05, 0.1) is 6.61 Å². The number of hydrogen-bond acceptors (Lipinski definition) is 5. The van der Waals surface area contributed by atoms with Gasteiger partial charge in [-0.15, -0.1) is 0 Å². The average molecular weight is 1100 g/mol. The van der Waals surface area contributed by atoms with Gasteiger partial charge < -0.3 is 14.6 Å². The maximum atomic E-state index is 12.4. The van der Waals surface area contributed by atoms with Gasteiger partial charge in [-0.05, 0) is 70.6 Å². The first kappa shape index (κ1) is 76.1. The van der Waals surface area contributed by atoms with Crippen LogP contribution in [0.5, 0.6) is 0 Å². The summed E-state index contributed by atoms with van der Waals surface area (Å²) in [6, 6.07) is 0. The number of unbranched alkanes of at least 4 members (excludes halogenated alkanes) is 53. The van der Waals surface area contributed by atoms with Crippen LogP contribution in [0, 0.1) is 0 Å². The van der Waals surface area contributed by atoms with E-state index in [0.29, 0.717) is 12.8 Å². The summed E-state index contributed by atoms with van der Waals surface area (Å²) in [5.74, 6) is -0.565. The van der Waals surface area contributed by atoms with E-state index in [9.17, 15) is 14.7 Å². The van der Waals surface area contributed by atoms with E-state index in [1.165, 1.54) is 334 Å². The van der Waals surface area contributed by atoms with Gasteiger partial charge in [-0.25, -0.2) is 0 Å². The molecule has 0 heterocycles. The fourth-order valence-electron chi connectivity index (χ4n) is 11.1. The second kappa shape index (κ2) is 69.4. The summed E-state index contributed by atoms with van der Waals surface area (Å²) in [5, 5.41) is 9.70. The van der Waals surface area contributed by atoms with Crippen LogP contribution in [0.15, 0.2) is 36.5 Å². The van der Waals surface area contributed by atoms with Crippen molar-refractivity contribution < 1.29 is 24.2 Å². The quantitative estimate of drug-likeness (QED) is 0.0373. The molecule has 0 saturated heterocycles. The van der Waals surface area contributed by atoms with Gasteiger partial charge in [0.2, 0.25) is 0 Å². The molecule has 0 aliphatic rings. The molecule has 0 fully saturated rings. The topological polar surface area (TPSA) is 72.8 Å². The number of carbonyl (C=O) groups is 2. The first-order valence-electron chi connectivity index (χ1n) is 35.5. The molecule has 0 amide bonds. The molecule has 5 nitrogen and oxygen atoms in total. The molecule has 0 aliphatic heterocycles. The number of hydrogen-bond donors (Lipinski definition) is 1. The maximum Gasteiger partial charge on any atom is 0.306 e. The molecule has 0 radical (unpaired) electrons. The molecule has 1 unspecified atom stereocenters. The van der Waals surface area contributed by atoms with E-state index < -0.39 is 6.10 Å². The fourth-order valence-corrected chi connectivity index (χ4v) is 11.1. The lowest BCUT2D eigenvalue weighted by Gasteiger charge is -2.15. The van der Waals surface area contributed by atoms with Crippen LogP contribution in [-0.2, 0) is 19.1 Å². The Morgan fingerprint density at radius 2 is 0.513 bits per heavy atom. The van der Waals surface area contributed by atoms with Crippen molar-refractivity contribution in [1.82, 2.24) is 0 Å². The Balaban J connectivity index is 3.38. The summed E-state index contributed by atoms with van der Waals surface area (Å²) < 4.78 is 10.8. The molecule has 460 valence electrons. The molecule has 0 bridgehead atoms. The van der Waals surface area contributed by atoms with E-state index in [1.807, 2.05) is 0 Å². The minimum Gasteiger partial charge on any atom is -0.462 e. The second-order valence-corrected chi connectivity index (χ2v) is 24.3. The third kappa shape index (κ3) is 66.6. The van der Waals surface area contributed by atoms with Crippen molar-refractivity contribution >= 4 is 11.9 Å². The van der Waals surface area contributed by atoms with Gasteiger partial charge in [-0.3, -0.25) is 9.59 Å². The highest BCUT2D eigenvalue weighted by molar-refractivity contribution is 5.70. The van der Waals surface area contributed by atoms with Crippen molar-refractivity contribution in [3.63, 3.8) is 0 Å². The average Bonchev–Trinajstić information content (AvgIpc) is 3.44. The van der Waals surface area contributed by atoms with Gasteiger partial charge in [-0.2, -0.15) is 0 Å². The SMILES string of the molecule is CCCCCCC/C=C\C/C=C\CCCCCCCCCCCCCCCCCCCCCC(=O)OC(CO)COC(=O)CCCCCCCCCCCCCCCCCCCCCCC/C=C\CCCCCCCCCC. The van der Waals surface area contributed by atoms with Gasteiger partial charge in [0.15, 0.2) is 6.10 Å². The van der Waals surface area contributed by atoms with Crippen molar-refractivity contribution in [2.45, 2.75) is 405 Å². The molecule has 0 rings (SSSR count). The van der Waals surface area contributed by atoms with Crippen LogP contribution in [0.1, 0.15) is 399 Å². The lowest BCUT2D eigenvalue weighted by atomic mass is 10.0. The van der Waals surface area contributed by atoms with Crippen molar-refractivity contribution in [3.05, 3.63) is 36.5 Å². The van der Waals surface area contributed by atoms with E-state index >= 15 is 0 Å². The summed E-state index contributed by atoms with van der Waals surface area (Å²) in [5.41, 5.74) is 0. The molecule has 1 N–H and O–H groups in total. The Bertz CT molecular complexity index is 1240. The monoisotopic (exact) mass is 1100 g/mol. The van der Waals surface area contributed by atoms with Crippen LogP contribution in [0.25, 0.3) is 0 Å². The normalized spacial score (nSPS) is 12.3. The molecular weight excluding hydrogens is 957 g/mol. The second-order valence-electron chi connectivity index (χ2n) is 24.3. The predicted molar refractivity (Wildman–Crippen MR) is 344 cm³/mol. The van der Waals surface area contributed by atoms with Crippen LogP contribution in [0.4, 0.5) is 0 Å². The third-order valence-corrected chi connectivity index (χ3v) is 16.4. The zero-order valence-electron chi connectivity index (χ0n) is 53.0. The molecule has 0 aromatic rings. The standard InChI is InChI=1S/C73H138O5/c1-3-5-7-9-11-13-15-17-19-21-23-25-27-29-31-33-35-36-38-39-41-43-45-47-49-51-53-55-57-59-61-63-65-67-72(75)77-70-71(69-74)78-73(76)68-66-64-62-60-58-56-54-52-50-48-46-44-42-40-37-34-32-30-28-26-24-22-20-18-16-14-12-10-8-6-4-2/h16,18,21-24,71,74H,3-15,17,19-20,25-70H2,1-2H3/b18-16-,23-21-,24-22-. The van der Waals surface area contributed by atoms with Crippen LogP contribution < -0.4 is 0 Å². The minimum atomic E-state index is -0.770. The van der Waals surface area contributed by atoms with Gasteiger partial charge in [0.25, 0.3) is 0 Å². The van der Waals surface area contributed by atoms with E-state index in [4.69, 9.17) is 9.47 Å². The zero-order valence-corrected chi connectivity index (χ0v) is 53.0. The smallest absolute Gasteiger partial charge is 0.306 e. The zero-order chi connectivity index (χ0) is 56.2. The van der Waals surface area contributed by atoms with E-state index in [2.05, 4.69) is 50.3 Å². The van der Waals surface area contributed by atoms with Crippen molar-refractivity contribution in [2.24, 2.45) is 0 Å². The fraction of sp³-hybridized carbons (Fsp3) is 0.890. The summed E-state index contributed by atoms with van der Waals surface area (Å²) >= 11 is 0. The summed E-state index contributed by atoms with van der Waals surface area (Å²) in [4.78, 5) is 24.7. The van der Waals surface area contributed by atoms with Gasteiger partial charge >= 0.3 is 11.9 Å². The Morgan fingerprint density at radius 1 is 0.295 bits per heavy atom. The number of aliphatic hydroxyl groups is 1. The molecule has 0 aromatic carbocycles. The molecule has 78 heavy (non-hydrogen) atoms. The summed E-state index contributed by atoms with van der Waals surface area (Å²) in [6.45, 7) is 4.19. The minimum absolute atomic E-state index is 0.0591. The number of rotatable bonds is 67. The molecular formula is C73H138O5. The lowest BCUT2D eigenvalue weighted by molar-refractivity contribution is -0.161. The number of esters is 2. The molecule has 0 spiro atoms. The highest BCUT2D eigenvalue weighted by atomic mass is 16.6. The molecule has 0 aromatic heterocycles. The Morgan fingerprint density at radius 3 is 0.769 bits per heavy atom. The highest BCUT2D eigenvalue weighted by Gasteiger charge is 2.16. The highest BCUT2D eigenvalue weighted by Crippen LogP contribution is 2.19. The Hall–Kier alpha value is -1.88. The molecule has 0 aliphatic carbocycles. The first-order chi connectivity index (χ1) is 38.6. The van der Waals surface area contributed by atoms with Crippen molar-refractivity contribution in [1.29, 1.82) is 0 Å². The molecule has 5 heteroatoms. The van der Waals surface area contributed by atoms with Gasteiger partial charge in [0, 0.05) is 12.8 Å². The first-order valence-corrected chi connectivity index (χ1v) is 35.5. The Kier molecular flexibility index (Phi) is 67.7. The Labute approximate surface area is 488 Å². The van der Waals surface area contributed by atoms with E-state index in [-0.39, 0.29) is 25.2 Å². The summed E-state index contributed by atoms with van der Waals surface area (Å²) in [6.07, 6.45) is 91.9. The molecule has 0 saturated carbocycles. The maximum absolute atomic E-state index is 12.4. The number of allylic oxidation sites excluding steroid dienone is 6. The summed E-state index contributed by atoms with van der Waals surface area (Å²) in [7, 11) is 0. The van der Waals surface area contributed by atoms with E-state index in [0.717, 1.165) is 38.5 Å². The molecule has 1 atom stereocenters. The largest absolute Gasteiger partial charge is 0.462 e. The number of ether oxygens (including phenoxy) is 2. The lowest BCUT2D eigenvalue weighted by Crippen LogP contribution is -2.28. The van der Waals surface area contributed by atoms with Crippen molar-refractivity contribution in [2.75, 3.05) is 13.2 Å². The third-order valence-electron chi connectivity index (χ3n) is 16.4. The van der Waals surface area contributed by atoms with E-state index in [1.54, 1.807) is 0 Å². The van der Waals surface area contributed by atoms with Gasteiger partial charge in [0.1, 0.15) is 6.61 Å². The number of carbonyl (C=O) groups excluding carboxylic acids is 2. The van der Waals surface area contributed by atoms with Crippen LogP contribution >= 0.6 is 0 Å². The number of aliphatic hydroxyl groups excluding tert-OH is 1.